The Kier molecular flexibility index (Phi) is 3.53. The van der Waals surface area contributed by atoms with Gasteiger partial charge in [0.15, 0.2) is 30.1 Å². The van der Waals surface area contributed by atoms with E-state index in [0.717, 1.165) is 0 Å². The van der Waals surface area contributed by atoms with Crippen LogP contribution in [0.5, 0.6) is 0 Å². The van der Waals surface area contributed by atoms with Crippen molar-refractivity contribution in [3.63, 3.8) is 0 Å². The molecular formula is C14H22O7. The number of rotatable bonds is 2. The molecule has 7 nitrogen and oxygen atoms in total. The Labute approximate surface area is 123 Å². The quantitative estimate of drug-likeness (QED) is 0.703. The lowest BCUT2D eigenvalue weighted by Gasteiger charge is -2.28. The van der Waals surface area contributed by atoms with Gasteiger partial charge in [0.1, 0.15) is 12.2 Å². The Morgan fingerprint density at radius 2 is 1.76 bits per heavy atom. The van der Waals surface area contributed by atoms with Gasteiger partial charge < -0.3 is 28.4 Å². The number of hydrogen-bond acceptors (Lipinski definition) is 7. The normalized spacial score (nSPS) is 43.8. The van der Waals surface area contributed by atoms with Gasteiger partial charge in [0.2, 0.25) is 0 Å². The van der Waals surface area contributed by atoms with Gasteiger partial charge in [0, 0.05) is 6.92 Å². The van der Waals surface area contributed by atoms with Crippen molar-refractivity contribution in [1.82, 2.24) is 0 Å². The molecule has 0 N–H and O–H groups in total. The predicted molar refractivity (Wildman–Crippen MR) is 69.2 cm³/mol. The number of ether oxygens (including phenoxy) is 6. The van der Waals surface area contributed by atoms with E-state index in [-0.39, 0.29) is 12.1 Å². The molecule has 21 heavy (non-hydrogen) atoms. The van der Waals surface area contributed by atoms with Crippen molar-refractivity contribution in [3.8, 4) is 0 Å². The summed E-state index contributed by atoms with van der Waals surface area (Å²) in [4.78, 5) is 11.4. The SMILES string of the molecule is CC(=O)O[C@@H]1[C@H]2OC(C)(C)O[C@H]2O[C@@H]1C1COC(C)(C)O1. The van der Waals surface area contributed by atoms with Gasteiger partial charge in [0.05, 0.1) is 6.61 Å². The maximum atomic E-state index is 11.4. The summed E-state index contributed by atoms with van der Waals surface area (Å²) in [5.41, 5.74) is 0. The summed E-state index contributed by atoms with van der Waals surface area (Å²) < 4.78 is 34.2. The average molecular weight is 302 g/mol. The molecule has 0 aromatic heterocycles. The molecule has 3 saturated heterocycles. The van der Waals surface area contributed by atoms with E-state index in [0.29, 0.717) is 6.61 Å². The molecule has 3 rings (SSSR count). The smallest absolute Gasteiger partial charge is 0.303 e. The monoisotopic (exact) mass is 302 g/mol. The molecule has 1 unspecified atom stereocenters. The summed E-state index contributed by atoms with van der Waals surface area (Å²) in [6.07, 6.45) is -2.40. The van der Waals surface area contributed by atoms with Gasteiger partial charge in [-0.3, -0.25) is 4.79 Å². The minimum atomic E-state index is -0.759. The summed E-state index contributed by atoms with van der Waals surface area (Å²) in [7, 11) is 0. The van der Waals surface area contributed by atoms with Gasteiger partial charge in [-0.25, -0.2) is 0 Å². The third kappa shape index (κ3) is 2.93. The van der Waals surface area contributed by atoms with Crippen molar-refractivity contribution in [3.05, 3.63) is 0 Å². The lowest BCUT2D eigenvalue weighted by molar-refractivity contribution is -0.235. The highest BCUT2D eigenvalue weighted by molar-refractivity contribution is 5.66. The summed E-state index contributed by atoms with van der Waals surface area (Å²) in [5.74, 6) is -1.82. The fraction of sp³-hybridized carbons (Fsp3) is 0.929. The number of esters is 1. The van der Waals surface area contributed by atoms with Crippen LogP contribution in [0.25, 0.3) is 0 Å². The molecule has 0 bridgehead atoms. The van der Waals surface area contributed by atoms with Crippen LogP contribution in [0, 0.1) is 0 Å². The molecule has 0 saturated carbocycles. The van der Waals surface area contributed by atoms with E-state index < -0.39 is 36.2 Å². The largest absolute Gasteiger partial charge is 0.457 e. The fourth-order valence-corrected chi connectivity index (χ4v) is 3.01. The molecule has 3 fully saturated rings. The maximum Gasteiger partial charge on any atom is 0.303 e. The van der Waals surface area contributed by atoms with E-state index in [1.54, 1.807) is 13.8 Å². The fourth-order valence-electron chi connectivity index (χ4n) is 3.01. The standard InChI is InChI=1S/C14H22O7/c1-7(15)17-10-9(8-6-16-13(2,3)19-8)18-12-11(10)20-14(4,5)21-12/h8-12H,6H2,1-5H3/t8?,9-,10+,11-,12-/m1/s1. The summed E-state index contributed by atoms with van der Waals surface area (Å²) in [6, 6.07) is 0. The Balaban J connectivity index is 1.77. The second kappa shape index (κ2) is 4.89. The molecule has 0 spiro atoms. The van der Waals surface area contributed by atoms with Crippen LogP contribution in [0.1, 0.15) is 34.6 Å². The van der Waals surface area contributed by atoms with Gasteiger partial charge in [-0.15, -0.1) is 0 Å². The Morgan fingerprint density at radius 3 is 2.33 bits per heavy atom. The molecule has 7 heteroatoms. The van der Waals surface area contributed by atoms with Crippen molar-refractivity contribution < 1.29 is 33.2 Å². The molecule has 120 valence electrons. The van der Waals surface area contributed by atoms with Crippen LogP contribution in [0.4, 0.5) is 0 Å². The average Bonchev–Trinajstić information content (AvgIpc) is 2.90. The minimum absolute atomic E-state index is 0.328. The van der Waals surface area contributed by atoms with Crippen molar-refractivity contribution >= 4 is 5.97 Å². The third-order valence-corrected chi connectivity index (χ3v) is 3.73. The van der Waals surface area contributed by atoms with Crippen molar-refractivity contribution in [2.24, 2.45) is 0 Å². The molecule has 0 aliphatic carbocycles. The molecular weight excluding hydrogens is 280 g/mol. The van der Waals surface area contributed by atoms with Crippen LogP contribution in [-0.2, 0) is 33.2 Å². The van der Waals surface area contributed by atoms with Gasteiger partial charge >= 0.3 is 5.97 Å². The van der Waals surface area contributed by atoms with Crippen LogP contribution in [-0.4, -0.2) is 54.9 Å². The Bertz CT molecular complexity index is 433. The zero-order chi connectivity index (χ0) is 15.4. The second-order valence-corrected chi connectivity index (χ2v) is 6.51. The first kappa shape index (κ1) is 15.2. The van der Waals surface area contributed by atoms with E-state index in [2.05, 4.69) is 0 Å². The predicted octanol–water partition coefficient (Wildman–Crippen LogP) is 0.946. The van der Waals surface area contributed by atoms with Gasteiger partial charge in [-0.05, 0) is 27.7 Å². The third-order valence-electron chi connectivity index (χ3n) is 3.73. The van der Waals surface area contributed by atoms with Gasteiger partial charge in [-0.2, -0.15) is 0 Å². The highest BCUT2D eigenvalue weighted by atomic mass is 16.8. The van der Waals surface area contributed by atoms with Crippen LogP contribution in [0.2, 0.25) is 0 Å². The van der Waals surface area contributed by atoms with Crippen molar-refractivity contribution in [2.75, 3.05) is 6.61 Å². The van der Waals surface area contributed by atoms with E-state index in [1.807, 2.05) is 13.8 Å². The number of fused-ring (bicyclic) bond motifs is 1. The zero-order valence-electron chi connectivity index (χ0n) is 13.0. The Hall–Kier alpha value is -0.730. The minimum Gasteiger partial charge on any atom is -0.457 e. The van der Waals surface area contributed by atoms with E-state index in [9.17, 15) is 4.79 Å². The molecule has 3 aliphatic heterocycles. The number of carbonyl (C=O) groups excluding carboxylic acids is 1. The highest BCUT2D eigenvalue weighted by Gasteiger charge is 2.59. The first-order chi connectivity index (χ1) is 9.67. The summed E-state index contributed by atoms with van der Waals surface area (Å²) >= 11 is 0. The van der Waals surface area contributed by atoms with Crippen LogP contribution in [0.15, 0.2) is 0 Å². The Morgan fingerprint density at radius 1 is 1.05 bits per heavy atom. The second-order valence-electron chi connectivity index (χ2n) is 6.51. The maximum absolute atomic E-state index is 11.4. The van der Waals surface area contributed by atoms with Crippen molar-refractivity contribution in [2.45, 2.75) is 76.9 Å². The van der Waals surface area contributed by atoms with Crippen LogP contribution < -0.4 is 0 Å². The highest BCUT2D eigenvalue weighted by Crippen LogP contribution is 2.41. The molecule has 0 radical (unpaired) electrons. The lowest BCUT2D eigenvalue weighted by atomic mass is 10.1. The molecule has 3 heterocycles. The summed E-state index contributed by atoms with van der Waals surface area (Å²) in [5, 5.41) is 0. The van der Waals surface area contributed by atoms with Gasteiger partial charge in [0.25, 0.3) is 0 Å². The first-order valence-electron chi connectivity index (χ1n) is 7.17. The van der Waals surface area contributed by atoms with Crippen LogP contribution in [0.3, 0.4) is 0 Å². The molecule has 0 amide bonds. The topological polar surface area (TPSA) is 72.5 Å². The van der Waals surface area contributed by atoms with E-state index >= 15 is 0 Å². The van der Waals surface area contributed by atoms with E-state index in [4.69, 9.17) is 28.4 Å². The van der Waals surface area contributed by atoms with Crippen molar-refractivity contribution in [1.29, 1.82) is 0 Å². The summed E-state index contributed by atoms with van der Waals surface area (Å²) in [6.45, 7) is 9.00. The molecule has 5 atom stereocenters. The zero-order valence-corrected chi connectivity index (χ0v) is 13.0. The molecule has 0 aromatic carbocycles. The molecule has 3 aliphatic rings. The first-order valence-corrected chi connectivity index (χ1v) is 7.17. The van der Waals surface area contributed by atoms with Crippen LogP contribution >= 0.6 is 0 Å². The van der Waals surface area contributed by atoms with E-state index in [1.165, 1.54) is 6.92 Å². The van der Waals surface area contributed by atoms with Gasteiger partial charge in [-0.1, -0.05) is 0 Å². The molecule has 0 aromatic rings. The number of hydrogen-bond donors (Lipinski definition) is 0. The lowest BCUT2D eigenvalue weighted by Crippen LogP contribution is -2.44. The number of carbonyl (C=O) groups is 1.